The van der Waals surface area contributed by atoms with Crippen molar-refractivity contribution in [2.75, 3.05) is 0 Å². The van der Waals surface area contributed by atoms with Crippen LogP contribution in [0.1, 0.15) is 19.7 Å². The molecule has 1 aromatic carbocycles. The summed E-state index contributed by atoms with van der Waals surface area (Å²) in [6.45, 7) is 4.08. The van der Waals surface area contributed by atoms with Crippen molar-refractivity contribution in [1.82, 2.24) is 9.55 Å². The zero-order valence-electron chi connectivity index (χ0n) is 11.4. The summed E-state index contributed by atoms with van der Waals surface area (Å²) >= 11 is 0. The molecule has 0 aliphatic carbocycles. The number of fused-ring (bicyclic) bond motifs is 1. The fourth-order valence-electron chi connectivity index (χ4n) is 1.84. The summed E-state index contributed by atoms with van der Waals surface area (Å²) in [6.07, 6.45) is -4.41. The van der Waals surface area contributed by atoms with Crippen LogP contribution in [0.5, 0.6) is 0 Å². The van der Waals surface area contributed by atoms with Crippen LogP contribution in [0.3, 0.4) is 0 Å². The summed E-state index contributed by atoms with van der Waals surface area (Å²) in [4.78, 5) is 3.67. The monoisotopic (exact) mass is 275 g/mol. The van der Waals surface area contributed by atoms with Crippen molar-refractivity contribution >= 4 is 33.6 Å². The minimum Gasteiger partial charge on any atom is -0.320 e. The summed E-state index contributed by atoms with van der Waals surface area (Å²) < 4.78 is 39.8. The number of hydrogen-bond acceptors (Lipinski definition) is 1. The molecule has 2 rings (SSSR count). The smallest absolute Gasteiger partial charge is 0.320 e. The first-order chi connectivity index (χ1) is 9.31. The van der Waals surface area contributed by atoms with Gasteiger partial charge in [-0.15, -0.1) is 0 Å². The summed E-state index contributed by atoms with van der Waals surface area (Å²) in [7, 11) is 10.0. The first-order valence-electron chi connectivity index (χ1n) is 6.08. The van der Waals surface area contributed by atoms with Gasteiger partial charge in [0.2, 0.25) is 5.82 Å². The number of imidazole rings is 1. The Kier molecular flexibility index (Phi) is 5.78. The Labute approximate surface area is 119 Å². The van der Waals surface area contributed by atoms with Crippen molar-refractivity contribution in [2.24, 2.45) is 5.92 Å². The average molecular weight is 275 g/mol. The van der Waals surface area contributed by atoms with Crippen molar-refractivity contribution in [1.29, 1.82) is 0 Å². The topological polar surface area (TPSA) is 17.8 Å². The number of para-hydroxylation sites is 2. The minimum absolute atomic E-state index is 0.133. The van der Waals surface area contributed by atoms with Crippen LogP contribution in [0.2, 0.25) is 0 Å². The number of nitrogens with zero attached hydrogens (tertiary/aromatic N) is 2. The van der Waals surface area contributed by atoms with Gasteiger partial charge in [-0.05, 0) is 18.1 Å². The van der Waals surface area contributed by atoms with E-state index in [-0.39, 0.29) is 5.92 Å². The van der Waals surface area contributed by atoms with Gasteiger partial charge in [-0.3, -0.25) is 0 Å². The van der Waals surface area contributed by atoms with Crippen LogP contribution in [0.4, 0.5) is 13.2 Å². The van der Waals surface area contributed by atoms with Crippen molar-refractivity contribution in [3.8, 4) is 0 Å². The molecule has 1 heterocycles. The highest BCUT2D eigenvalue weighted by atomic mass is 19.4. The molecule has 0 saturated carbocycles. The van der Waals surface area contributed by atoms with E-state index < -0.39 is 12.0 Å². The number of halogens is 3. The first kappa shape index (κ1) is 16.7. The SMILES string of the molecule is CC(C)Cn1c(C(F)(F)F)nc2ccccc21.[B][B][B]. The molecule has 8 heteroatoms. The molecule has 20 heavy (non-hydrogen) atoms. The standard InChI is InChI=1S/C12H13F3N2.B3/c1-8(2)7-17-10-6-4-3-5-9(10)16-11(17)12(13,14)15;1-3-2/h3-6,8H,7H2,1-2H3;. The minimum atomic E-state index is -4.41. The molecule has 0 saturated heterocycles. The second-order valence-corrected chi connectivity index (χ2v) is 4.62. The lowest BCUT2D eigenvalue weighted by atomic mass is 9.40. The van der Waals surface area contributed by atoms with Gasteiger partial charge in [0.25, 0.3) is 0 Å². The number of aromatic nitrogens is 2. The molecule has 0 unspecified atom stereocenters. The van der Waals surface area contributed by atoms with Gasteiger partial charge in [-0.25, -0.2) is 4.98 Å². The number of benzene rings is 1. The van der Waals surface area contributed by atoms with Gasteiger partial charge in [0.1, 0.15) is 0 Å². The van der Waals surface area contributed by atoms with Gasteiger partial charge in [0, 0.05) is 29.1 Å². The lowest BCUT2D eigenvalue weighted by molar-refractivity contribution is -0.147. The van der Waals surface area contributed by atoms with E-state index in [0.29, 0.717) is 17.6 Å². The molecular weight excluding hydrogens is 262 g/mol. The third-order valence-electron chi connectivity index (χ3n) is 2.46. The van der Waals surface area contributed by atoms with E-state index in [2.05, 4.69) is 20.5 Å². The van der Waals surface area contributed by atoms with Crippen LogP contribution < -0.4 is 0 Å². The molecule has 0 spiro atoms. The Morgan fingerprint density at radius 3 is 2.30 bits per heavy atom. The summed E-state index contributed by atoms with van der Waals surface area (Å²) in [5.41, 5.74) is 0.925. The van der Waals surface area contributed by atoms with Crippen LogP contribution in [-0.2, 0) is 12.7 Å². The molecule has 0 bridgehead atoms. The maximum atomic E-state index is 12.9. The van der Waals surface area contributed by atoms with Crippen LogP contribution in [0.25, 0.3) is 11.0 Å². The zero-order chi connectivity index (χ0) is 15.3. The average Bonchev–Trinajstić information content (AvgIpc) is 2.69. The van der Waals surface area contributed by atoms with Gasteiger partial charge >= 0.3 is 6.18 Å². The molecule has 2 nitrogen and oxygen atoms in total. The highest BCUT2D eigenvalue weighted by molar-refractivity contribution is 7.17. The fourth-order valence-corrected chi connectivity index (χ4v) is 1.84. The predicted molar refractivity (Wildman–Crippen MR) is 76.8 cm³/mol. The Morgan fingerprint density at radius 2 is 1.80 bits per heavy atom. The quantitative estimate of drug-likeness (QED) is 0.770. The molecular formula is C12H13B3F3N2. The third-order valence-corrected chi connectivity index (χ3v) is 2.46. The van der Waals surface area contributed by atoms with Gasteiger partial charge in [-0.2, -0.15) is 13.2 Å². The Balaban J connectivity index is 0.000000612. The van der Waals surface area contributed by atoms with Crippen LogP contribution in [-0.4, -0.2) is 32.1 Å². The molecule has 0 aliphatic heterocycles. The van der Waals surface area contributed by atoms with Crippen molar-refractivity contribution < 1.29 is 13.2 Å². The summed E-state index contributed by atoms with van der Waals surface area (Å²) in [5.74, 6) is -0.680. The van der Waals surface area contributed by atoms with Gasteiger partial charge in [0.05, 0.1) is 11.0 Å². The number of hydrogen-bond donors (Lipinski definition) is 0. The number of alkyl halides is 3. The maximum absolute atomic E-state index is 12.9. The molecule has 5 radical (unpaired) electrons. The predicted octanol–water partition coefficient (Wildman–Crippen LogP) is 2.57. The van der Waals surface area contributed by atoms with Gasteiger partial charge in [0.15, 0.2) is 0 Å². The normalized spacial score (nSPS) is 11.3. The van der Waals surface area contributed by atoms with E-state index in [1.807, 2.05) is 13.8 Å². The van der Waals surface area contributed by atoms with Crippen molar-refractivity contribution in [3.05, 3.63) is 30.1 Å². The largest absolute Gasteiger partial charge is 0.449 e. The summed E-state index contributed by atoms with van der Waals surface area (Å²) in [6, 6.07) is 6.68. The Hall–Kier alpha value is -1.33. The van der Waals surface area contributed by atoms with Crippen LogP contribution >= 0.6 is 0 Å². The second kappa shape index (κ2) is 6.91. The molecule has 1 aromatic heterocycles. The van der Waals surface area contributed by atoms with E-state index in [9.17, 15) is 13.2 Å². The molecule has 0 amide bonds. The molecule has 0 aliphatic rings. The van der Waals surface area contributed by atoms with E-state index in [1.54, 1.807) is 24.3 Å². The Bertz CT molecular complexity index is 552. The maximum Gasteiger partial charge on any atom is 0.449 e. The highest BCUT2D eigenvalue weighted by Gasteiger charge is 2.37. The van der Waals surface area contributed by atoms with E-state index in [0.717, 1.165) is 7.06 Å². The van der Waals surface area contributed by atoms with Gasteiger partial charge < -0.3 is 4.57 Å². The third kappa shape index (κ3) is 4.08. The van der Waals surface area contributed by atoms with E-state index in [4.69, 9.17) is 0 Å². The zero-order valence-corrected chi connectivity index (χ0v) is 11.4. The molecule has 2 aromatic rings. The molecule has 0 N–H and O–H groups in total. The lowest BCUT2D eigenvalue weighted by Crippen LogP contribution is -2.17. The van der Waals surface area contributed by atoms with E-state index in [1.165, 1.54) is 4.57 Å². The molecule has 0 fully saturated rings. The molecule has 0 atom stereocenters. The Morgan fingerprint density at radius 1 is 1.25 bits per heavy atom. The van der Waals surface area contributed by atoms with Crippen LogP contribution in [0, 0.1) is 5.92 Å². The van der Waals surface area contributed by atoms with Crippen molar-refractivity contribution in [3.63, 3.8) is 0 Å². The summed E-state index contributed by atoms with van der Waals surface area (Å²) in [5, 5.41) is 0. The fraction of sp³-hybridized carbons (Fsp3) is 0.417. The lowest BCUT2D eigenvalue weighted by Gasteiger charge is -2.13. The van der Waals surface area contributed by atoms with E-state index >= 15 is 0 Å². The molecule has 101 valence electrons. The van der Waals surface area contributed by atoms with Crippen molar-refractivity contribution in [2.45, 2.75) is 26.6 Å². The van der Waals surface area contributed by atoms with Gasteiger partial charge in [-0.1, -0.05) is 26.0 Å². The second-order valence-electron chi connectivity index (χ2n) is 4.62. The first-order valence-corrected chi connectivity index (χ1v) is 6.08. The highest BCUT2D eigenvalue weighted by Crippen LogP contribution is 2.31. The van der Waals surface area contributed by atoms with Crippen LogP contribution in [0.15, 0.2) is 24.3 Å². The number of rotatable bonds is 2.